The van der Waals surface area contributed by atoms with Gasteiger partial charge in [0.25, 0.3) is 0 Å². The highest BCUT2D eigenvalue weighted by atomic mass is 35.5. The van der Waals surface area contributed by atoms with Gasteiger partial charge >= 0.3 is 6.18 Å². The number of hydrogen-bond donors (Lipinski definition) is 0. The van der Waals surface area contributed by atoms with Crippen molar-refractivity contribution in [3.05, 3.63) is 0 Å². The molecule has 1 aliphatic carbocycles. The molecule has 18 heavy (non-hydrogen) atoms. The first kappa shape index (κ1) is 15.6. The summed E-state index contributed by atoms with van der Waals surface area (Å²) in [7, 11) is 1.53. The Morgan fingerprint density at radius 2 is 1.94 bits per heavy atom. The van der Waals surface area contributed by atoms with E-state index in [0.29, 0.717) is 19.3 Å². The average molecular weight is 286 g/mol. The number of carbonyl (C=O) groups excluding carboxylic acids is 1. The molecular formula is C12H19ClF3NO. The number of nitrogens with zero attached hydrogens (tertiary/aromatic N) is 1. The third kappa shape index (κ3) is 3.53. The maximum Gasteiger partial charge on any atom is 0.392 e. The predicted molar refractivity (Wildman–Crippen MR) is 64.5 cm³/mol. The molecule has 0 aromatic carbocycles. The van der Waals surface area contributed by atoms with Crippen LogP contribution in [0.3, 0.4) is 0 Å². The van der Waals surface area contributed by atoms with Gasteiger partial charge in [0, 0.05) is 24.9 Å². The van der Waals surface area contributed by atoms with Crippen LogP contribution in [0.5, 0.6) is 0 Å². The van der Waals surface area contributed by atoms with Gasteiger partial charge in [-0.3, -0.25) is 4.79 Å². The Bertz CT molecular complexity index is 296. The van der Waals surface area contributed by atoms with Gasteiger partial charge in [-0.15, -0.1) is 11.6 Å². The first-order valence-corrected chi connectivity index (χ1v) is 6.71. The zero-order chi connectivity index (χ0) is 13.9. The first-order chi connectivity index (χ1) is 8.29. The molecule has 6 heteroatoms. The van der Waals surface area contributed by atoms with Gasteiger partial charge in [-0.25, -0.2) is 0 Å². The number of hydrogen-bond acceptors (Lipinski definition) is 1. The summed E-state index contributed by atoms with van der Waals surface area (Å²) in [5, 5.41) is 0. The van der Waals surface area contributed by atoms with Crippen LogP contribution in [-0.4, -0.2) is 36.0 Å². The normalized spacial score (nSPS) is 26.8. The summed E-state index contributed by atoms with van der Waals surface area (Å²) in [6, 6.07) is -0.241. The maximum absolute atomic E-state index is 12.9. The first-order valence-electron chi connectivity index (χ1n) is 6.18. The van der Waals surface area contributed by atoms with Crippen LogP contribution in [0.2, 0.25) is 0 Å². The van der Waals surface area contributed by atoms with E-state index in [1.807, 2.05) is 0 Å². The highest BCUT2D eigenvalue weighted by Gasteiger charge is 2.48. The molecule has 106 valence electrons. The fourth-order valence-electron chi connectivity index (χ4n) is 2.40. The Hall–Kier alpha value is -0.450. The summed E-state index contributed by atoms with van der Waals surface area (Å²) in [4.78, 5) is 13.5. The fourth-order valence-corrected chi connectivity index (χ4v) is 2.61. The molecule has 0 saturated heterocycles. The van der Waals surface area contributed by atoms with Gasteiger partial charge in [-0.05, 0) is 19.8 Å². The van der Waals surface area contributed by atoms with Gasteiger partial charge in [0.05, 0.1) is 5.92 Å². The molecule has 0 aromatic heterocycles. The van der Waals surface area contributed by atoms with Crippen LogP contribution in [0.1, 0.15) is 32.6 Å². The van der Waals surface area contributed by atoms with Gasteiger partial charge < -0.3 is 4.90 Å². The van der Waals surface area contributed by atoms with Crippen molar-refractivity contribution >= 4 is 17.5 Å². The smallest absolute Gasteiger partial charge is 0.342 e. The van der Waals surface area contributed by atoms with E-state index in [1.54, 1.807) is 6.92 Å². The van der Waals surface area contributed by atoms with Crippen LogP contribution in [0.25, 0.3) is 0 Å². The SMILES string of the molecule is CC(CCl)N(C)C(=O)C1CCCCC1C(F)(F)F. The Labute approximate surface area is 110 Å². The van der Waals surface area contributed by atoms with E-state index in [4.69, 9.17) is 11.6 Å². The molecule has 0 radical (unpaired) electrons. The molecule has 3 atom stereocenters. The molecule has 0 heterocycles. The molecule has 0 bridgehead atoms. The van der Waals surface area contributed by atoms with Crippen molar-refractivity contribution in [1.29, 1.82) is 0 Å². The van der Waals surface area contributed by atoms with E-state index in [2.05, 4.69) is 0 Å². The molecule has 1 rings (SSSR count). The average Bonchev–Trinajstić information content (AvgIpc) is 2.35. The Balaban J connectivity index is 2.81. The number of alkyl halides is 4. The third-order valence-corrected chi connectivity index (χ3v) is 4.18. The molecule has 1 saturated carbocycles. The summed E-state index contributed by atoms with van der Waals surface area (Å²) >= 11 is 5.64. The Morgan fingerprint density at radius 3 is 2.44 bits per heavy atom. The number of halogens is 4. The van der Waals surface area contributed by atoms with Crippen LogP contribution in [0.4, 0.5) is 13.2 Å². The van der Waals surface area contributed by atoms with Crippen LogP contribution in [0, 0.1) is 11.8 Å². The van der Waals surface area contributed by atoms with Crippen molar-refractivity contribution in [3.8, 4) is 0 Å². The second-order valence-corrected chi connectivity index (χ2v) is 5.30. The standard InChI is InChI=1S/C12H19ClF3NO/c1-8(7-13)17(2)11(18)9-5-3-4-6-10(9)12(14,15)16/h8-10H,3-7H2,1-2H3. The molecule has 3 unspecified atom stereocenters. The quantitative estimate of drug-likeness (QED) is 0.728. The van der Waals surface area contributed by atoms with Crippen molar-refractivity contribution in [2.75, 3.05) is 12.9 Å². The van der Waals surface area contributed by atoms with Crippen molar-refractivity contribution in [1.82, 2.24) is 4.90 Å². The largest absolute Gasteiger partial charge is 0.392 e. The molecule has 0 aliphatic heterocycles. The summed E-state index contributed by atoms with van der Waals surface area (Å²) in [5.41, 5.74) is 0. The molecule has 1 amide bonds. The zero-order valence-corrected chi connectivity index (χ0v) is 11.4. The minimum atomic E-state index is -4.29. The molecule has 0 spiro atoms. The predicted octanol–water partition coefficient (Wildman–Crippen LogP) is 3.44. The van der Waals surface area contributed by atoms with E-state index >= 15 is 0 Å². The van der Waals surface area contributed by atoms with Gasteiger partial charge in [0.15, 0.2) is 0 Å². The fraction of sp³-hybridized carbons (Fsp3) is 0.917. The van der Waals surface area contributed by atoms with Gasteiger partial charge in [-0.2, -0.15) is 13.2 Å². The molecule has 0 N–H and O–H groups in total. The maximum atomic E-state index is 12.9. The summed E-state index contributed by atoms with van der Waals surface area (Å²) in [6.45, 7) is 1.73. The van der Waals surface area contributed by atoms with E-state index in [1.165, 1.54) is 11.9 Å². The lowest BCUT2D eigenvalue weighted by atomic mass is 9.78. The van der Waals surface area contributed by atoms with Crippen molar-refractivity contribution in [2.24, 2.45) is 11.8 Å². The zero-order valence-electron chi connectivity index (χ0n) is 10.6. The molecule has 2 nitrogen and oxygen atoms in total. The summed E-state index contributed by atoms with van der Waals surface area (Å²) in [6.07, 6.45) is -2.67. The molecule has 1 aliphatic rings. The molecule has 0 aromatic rings. The number of carbonyl (C=O) groups is 1. The van der Waals surface area contributed by atoms with Crippen LogP contribution in [-0.2, 0) is 4.79 Å². The minimum absolute atomic E-state index is 0.0585. The summed E-state index contributed by atoms with van der Waals surface area (Å²) in [5.74, 6) is -2.63. The van der Waals surface area contributed by atoms with Crippen molar-refractivity contribution in [2.45, 2.75) is 44.8 Å². The Morgan fingerprint density at radius 1 is 1.39 bits per heavy atom. The lowest BCUT2D eigenvalue weighted by Gasteiger charge is -2.36. The topological polar surface area (TPSA) is 20.3 Å². The minimum Gasteiger partial charge on any atom is -0.342 e. The van der Waals surface area contributed by atoms with E-state index in [0.717, 1.165) is 0 Å². The van der Waals surface area contributed by atoms with Crippen LogP contribution < -0.4 is 0 Å². The van der Waals surface area contributed by atoms with E-state index in [9.17, 15) is 18.0 Å². The van der Waals surface area contributed by atoms with Crippen molar-refractivity contribution < 1.29 is 18.0 Å². The highest BCUT2D eigenvalue weighted by molar-refractivity contribution is 6.18. The molecular weight excluding hydrogens is 267 g/mol. The third-order valence-electron chi connectivity index (χ3n) is 3.74. The molecule has 1 fully saturated rings. The van der Waals surface area contributed by atoms with Gasteiger partial charge in [-0.1, -0.05) is 12.8 Å². The summed E-state index contributed by atoms with van der Waals surface area (Å²) < 4.78 is 38.7. The van der Waals surface area contributed by atoms with Gasteiger partial charge in [0.2, 0.25) is 5.91 Å². The lowest BCUT2D eigenvalue weighted by Crippen LogP contribution is -2.46. The van der Waals surface area contributed by atoms with Crippen LogP contribution >= 0.6 is 11.6 Å². The van der Waals surface area contributed by atoms with E-state index in [-0.39, 0.29) is 18.3 Å². The Kier molecular flexibility index (Phi) is 5.32. The monoisotopic (exact) mass is 285 g/mol. The lowest BCUT2D eigenvalue weighted by molar-refractivity contribution is -0.200. The second-order valence-electron chi connectivity index (χ2n) is 4.99. The van der Waals surface area contributed by atoms with Gasteiger partial charge in [0.1, 0.15) is 0 Å². The number of rotatable bonds is 3. The second kappa shape index (κ2) is 6.13. The highest BCUT2D eigenvalue weighted by Crippen LogP contribution is 2.42. The van der Waals surface area contributed by atoms with E-state index < -0.39 is 23.9 Å². The van der Waals surface area contributed by atoms with Crippen LogP contribution in [0.15, 0.2) is 0 Å². The number of amides is 1. The van der Waals surface area contributed by atoms with Crippen molar-refractivity contribution in [3.63, 3.8) is 0 Å².